The highest BCUT2D eigenvalue weighted by atomic mass is 19.1. The predicted octanol–water partition coefficient (Wildman–Crippen LogP) is 2.17. The van der Waals surface area contributed by atoms with Crippen LogP contribution in [0.3, 0.4) is 0 Å². The smallest absolute Gasteiger partial charge is 0.207 e. The van der Waals surface area contributed by atoms with Crippen LogP contribution in [0.5, 0.6) is 0 Å². The van der Waals surface area contributed by atoms with Gasteiger partial charge in [-0.25, -0.2) is 8.78 Å². The van der Waals surface area contributed by atoms with Crippen LogP contribution in [0.1, 0.15) is 12.5 Å². The lowest BCUT2D eigenvalue weighted by atomic mass is 10.1. The minimum Gasteiger partial charge on any atom is -0.344 e. The lowest BCUT2D eigenvalue weighted by Gasteiger charge is -2.09. The summed E-state index contributed by atoms with van der Waals surface area (Å²) in [6.45, 7) is 2.13. The molecule has 0 aliphatic heterocycles. The minimum absolute atomic E-state index is 0.0258. The molecule has 0 atom stereocenters. The van der Waals surface area contributed by atoms with E-state index in [0.29, 0.717) is 6.54 Å². The van der Waals surface area contributed by atoms with Crippen molar-refractivity contribution in [1.29, 1.82) is 5.26 Å². The van der Waals surface area contributed by atoms with Gasteiger partial charge in [0.15, 0.2) is 5.82 Å². The van der Waals surface area contributed by atoms with Crippen molar-refractivity contribution < 1.29 is 8.78 Å². The first-order chi connectivity index (χ1) is 8.08. The summed E-state index contributed by atoms with van der Waals surface area (Å²) in [7, 11) is 0. The summed E-state index contributed by atoms with van der Waals surface area (Å²) >= 11 is 0. The van der Waals surface area contributed by atoms with Crippen molar-refractivity contribution in [2.75, 3.05) is 0 Å². The Morgan fingerprint density at radius 3 is 2.71 bits per heavy atom. The SMILES string of the molecule is CCn1cc(C#N)c(=O)c2cc(F)cc(F)c21. The van der Waals surface area contributed by atoms with Crippen LogP contribution < -0.4 is 5.43 Å². The molecule has 17 heavy (non-hydrogen) atoms. The first kappa shape index (κ1) is 11.3. The Labute approximate surface area is 95.5 Å². The Bertz CT molecular complexity index is 698. The maximum absolute atomic E-state index is 13.6. The van der Waals surface area contributed by atoms with Gasteiger partial charge in [-0.2, -0.15) is 5.26 Å². The molecule has 0 bridgehead atoms. The van der Waals surface area contributed by atoms with E-state index in [1.165, 1.54) is 10.8 Å². The Kier molecular flexibility index (Phi) is 2.64. The number of benzene rings is 1. The van der Waals surface area contributed by atoms with Gasteiger partial charge in [0.1, 0.15) is 17.4 Å². The number of fused-ring (bicyclic) bond motifs is 1. The summed E-state index contributed by atoms with van der Waals surface area (Å²) in [6.07, 6.45) is 1.28. The largest absolute Gasteiger partial charge is 0.344 e. The van der Waals surface area contributed by atoms with Crippen LogP contribution in [0.15, 0.2) is 23.1 Å². The predicted molar refractivity (Wildman–Crippen MR) is 58.5 cm³/mol. The van der Waals surface area contributed by atoms with E-state index >= 15 is 0 Å². The topological polar surface area (TPSA) is 45.8 Å². The van der Waals surface area contributed by atoms with E-state index in [-0.39, 0.29) is 16.5 Å². The number of hydrogen-bond donors (Lipinski definition) is 0. The fourth-order valence-electron chi connectivity index (χ4n) is 1.78. The van der Waals surface area contributed by atoms with Gasteiger partial charge in [-0.15, -0.1) is 0 Å². The zero-order valence-corrected chi connectivity index (χ0v) is 9.00. The maximum atomic E-state index is 13.6. The molecule has 86 valence electrons. The van der Waals surface area contributed by atoms with Crippen LogP contribution in [0, 0.1) is 23.0 Å². The molecule has 0 saturated carbocycles. The van der Waals surface area contributed by atoms with Crippen LogP contribution in [-0.4, -0.2) is 4.57 Å². The van der Waals surface area contributed by atoms with Crippen molar-refractivity contribution in [3.63, 3.8) is 0 Å². The summed E-state index contributed by atoms with van der Waals surface area (Å²) in [4.78, 5) is 11.8. The highest BCUT2D eigenvalue weighted by Crippen LogP contribution is 2.17. The summed E-state index contributed by atoms with van der Waals surface area (Å²) < 4.78 is 28.1. The normalized spacial score (nSPS) is 10.5. The molecule has 1 aromatic heterocycles. The number of pyridine rings is 1. The molecule has 0 aliphatic rings. The van der Waals surface area contributed by atoms with E-state index in [0.717, 1.165) is 12.1 Å². The molecule has 0 N–H and O–H groups in total. The number of nitrogens with zero attached hydrogens (tertiary/aromatic N) is 2. The Hall–Kier alpha value is -2.22. The lowest BCUT2D eigenvalue weighted by Crippen LogP contribution is -2.14. The molecule has 0 aliphatic carbocycles. The van der Waals surface area contributed by atoms with Gasteiger partial charge in [0, 0.05) is 18.8 Å². The zero-order chi connectivity index (χ0) is 12.6. The van der Waals surface area contributed by atoms with E-state index in [2.05, 4.69) is 0 Å². The van der Waals surface area contributed by atoms with Crippen LogP contribution in [0.2, 0.25) is 0 Å². The van der Waals surface area contributed by atoms with Crippen molar-refractivity contribution in [2.24, 2.45) is 0 Å². The third-order valence-electron chi connectivity index (χ3n) is 2.55. The number of halogens is 2. The molecular formula is C12H8F2N2O. The van der Waals surface area contributed by atoms with Gasteiger partial charge in [0.2, 0.25) is 5.43 Å². The first-order valence-corrected chi connectivity index (χ1v) is 5.00. The van der Waals surface area contributed by atoms with Crippen LogP contribution in [0.25, 0.3) is 10.9 Å². The zero-order valence-electron chi connectivity index (χ0n) is 9.00. The third-order valence-corrected chi connectivity index (χ3v) is 2.55. The second-order valence-electron chi connectivity index (χ2n) is 3.55. The van der Waals surface area contributed by atoms with E-state index in [1.54, 1.807) is 13.0 Å². The van der Waals surface area contributed by atoms with Crippen LogP contribution in [-0.2, 0) is 6.54 Å². The van der Waals surface area contributed by atoms with Crippen molar-refractivity contribution in [1.82, 2.24) is 4.57 Å². The van der Waals surface area contributed by atoms with Crippen molar-refractivity contribution in [3.8, 4) is 6.07 Å². The Morgan fingerprint density at radius 2 is 2.12 bits per heavy atom. The number of rotatable bonds is 1. The summed E-state index contributed by atoms with van der Waals surface area (Å²) in [6, 6.07) is 3.40. The summed E-state index contributed by atoms with van der Waals surface area (Å²) in [5.41, 5.74) is -0.743. The molecule has 2 rings (SSSR count). The highest BCUT2D eigenvalue weighted by molar-refractivity contribution is 5.80. The first-order valence-electron chi connectivity index (χ1n) is 5.00. The molecule has 1 heterocycles. The van der Waals surface area contributed by atoms with E-state index < -0.39 is 17.1 Å². The molecule has 0 amide bonds. The van der Waals surface area contributed by atoms with Gasteiger partial charge in [0.05, 0.1) is 10.9 Å². The van der Waals surface area contributed by atoms with Crippen LogP contribution >= 0.6 is 0 Å². The minimum atomic E-state index is -0.829. The van der Waals surface area contributed by atoms with Gasteiger partial charge in [-0.3, -0.25) is 4.79 Å². The Morgan fingerprint density at radius 1 is 1.41 bits per heavy atom. The summed E-state index contributed by atoms with van der Waals surface area (Å²) in [5.74, 6) is -1.63. The molecule has 0 radical (unpaired) electrons. The molecule has 0 unspecified atom stereocenters. The quantitative estimate of drug-likeness (QED) is 0.759. The second-order valence-corrected chi connectivity index (χ2v) is 3.55. The van der Waals surface area contributed by atoms with Crippen molar-refractivity contribution in [2.45, 2.75) is 13.5 Å². The average molecular weight is 234 g/mol. The van der Waals surface area contributed by atoms with E-state index in [1.807, 2.05) is 0 Å². The maximum Gasteiger partial charge on any atom is 0.207 e. The Balaban J connectivity index is 3.07. The van der Waals surface area contributed by atoms with Gasteiger partial charge >= 0.3 is 0 Å². The average Bonchev–Trinajstić information content (AvgIpc) is 2.30. The molecule has 3 nitrogen and oxygen atoms in total. The molecular weight excluding hydrogens is 226 g/mol. The molecule has 1 aromatic carbocycles. The van der Waals surface area contributed by atoms with E-state index in [9.17, 15) is 13.6 Å². The molecule has 0 fully saturated rings. The van der Waals surface area contributed by atoms with Crippen LogP contribution in [0.4, 0.5) is 8.78 Å². The highest BCUT2D eigenvalue weighted by Gasteiger charge is 2.13. The van der Waals surface area contributed by atoms with Gasteiger partial charge in [-0.1, -0.05) is 0 Å². The molecule has 0 saturated heterocycles. The van der Waals surface area contributed by atoms with Gasteiger partial charge in [-0.05, 0) is 13.0 Å². The third kappa shape index (κ3) is 1.68. The standard InChI is InChI=1S/C12H8F2N2O/c1-2-16-6-7(5-15)12(17)9-3-8(13)4-10(14)11(9)16/h3-4,6H,2H2,1H3. The monoisotopic (exact) mass is 234 g/mol. The molecule has 0 spiro atoms. The summed E-state index contributed by atoms with van der Waals surface area (Å²) in [5, 5.41) is 8.68. The fraction of sp³-hybridized carbons (Fsp3) is 0.167. The van der Waals surface area contributed by atoms with Gasteiger partial charge < -0.3 is 4.57 Å². The number of nitriles is 1. The van der Waals surface area contributed by atoms with E-state index in [4.69, 9.17) is 5.26 Å². The fourth-order valence-corrected chi connectivity index (χ4v) is 1.78. The molecule has 2 aromatic rings. The lowest BCUT2D eigenvalue weighted by molar-refractivity contribution is 0.584. The second kappa shape index (κ2) is 3.98. The number of aromatic nitrogens is 1. The number of aryl methyl sites for hydroxylation is 1. The number of hydrogen-bond acceptors (Lipinski definition) is 2. The van der Waals surface area contributed by atoms with Gasteiger partial charge in [0.25, 0.3) is 0 Å². The molecule has 5 heteroatoms. The van der Waals surface area contributed by atoms with Crippen molar-refractivity contribution >= 4 is 10.9 Å². The van der Waals surface area contributed by atoms with Crippen molar-refractivity contribution in [3.05, 3.63) is 45.8 Å².